The largest absolute Gasteiger partial charge is 0.322 e. The standard InChI is InChI=1S/C27H35N3O2/c31-24(26-10-16-4-17(11-26)6-18(5-16)12-26)29-22-2-1-3-28-23(22)30-25(32)27-13-19-7-20(14-27)9-21(8-19)15-27/h1-3,16-21H,4-15H2,(H,29,31)(H,28,30,32). The molecule has 5 nitrogen and oxygen atoms in total. The van der Waals surface area contributed by atoms with Crippen LogP contribution in [0.2, 0.25) is 0 Å². The van der Waals surface area contributed by atoms with Gasteiger partial charge in [0.05, 0.1) is 16.5 Å². The predicted molar refractivity (Wildman–Crippen MR) is 123 cm³/mol. The molecular formula is C27H35N3O2. The third-order valence-corrected chi connectivity index (χ3v) is 10.3. The SMILES string of the molecule is O=C(Nc1cccnc1NC(=O)C12CC3CC(CC(C3)C1)C2)C12CC3CC(CC(C3)C1)C2. The molecule has 0 saturated heterocycles. The lowest BCUT2D eigenvalue weighted by molar-refractivity contribution is -0.141. The van der Waals surface area contributed by atoms with E-state index >= 15 is 0 Å². The van der Waals surface area contributed by atoms with Crippen molar-refractivity contribution >= 4 is 23.3 Å². The van der Waals surface area contributed by atoms with E-state index in [9.17, 15) is 9.59 Å². The number of pyridine rings is 1. The van der Waals surface area contributed by atoms with E-state index in [0.29, 0.717) is 11.5 Å². The molecule has 170 valence electrons. The first-order valence-corrected chi connectivity index (χ1v) is 13.1. The lowest BCUT2D eigenvalue weighted by atomic mass is 9.49. The fraction of sp³-hybridized carbons (Fsp3) is 0.741. The third kappa shape index (κ3) is 2.99. The van der Waals surface area contributed by atoms with Crippen LogP contribution >= 0.6 is 0 Å². The maximum absolute atomic E-state index is 13.6. The molecule has 8 aliphatic rings. The number of amides is 2. The molecule has 0 radical (unpaired) electrons. The Hall–Kier alpha value is -1.91. The molecule has 0 atom stereocenters. The summed E-state index contributed by atoms with van der Waals surface area (Å²) in [5.74, 6) is 5.22. The molecule has 32 heavy (non-hydrogen) atoms. The molecule has 0 unspecified atom stereocenters. The first kappa shape index (κ1) is 19.5. The maximum Gasteiger partial charge on any atom is 0.231 e. The number of nitrogens with one attached hydrogen (secondary N) is 2. The van der Waals surface area contributed by atoms with E-state index in [-0.39, 0.29) is 22.6 Å². The number of carbonyl (C=O) groups excluding carboxylic acids is 2. The second-order valence-corrected chi connectivity index (χ2v) is 12.7. The van der Waals surface area contributed by atoms with Crippen molar-refractivity contribution in [3.05, 3.63) is 18.3 Å². The number of carbonyl (C=O) groups is 2. The van der Waals surface area contributed by atoms with Crippen molar-refractivity contribution in [3.8, 4) is 0 Å². The van der Waals surface area contributed by atoms with Crippen molar-refractivity contribution in [2.45, 2.75) is 77.0 Å². The van der Waals surface area contributed by atoms with Gasteiger partial charge in [-0.05, 0) is 125 Å². The Morgan fingerprint density at radius 3 is 1.53 bits per heavy atom. The molecule has 1 aromatic rings. The zero-order chi connectivity index (χ0) is 21.5. The topological polar surface area (TPSA) is 71.1 Å². The smallest absolute Gasteiger partial charge is 0.231 e. The van der Waals surface area contributed by atoms with Gasteiger partial charge < -0.3 is 10.6 Å². The summed E-state index contributed by atoms with van der Waals surface area (Å²) in [5, 5.41) is 6.41. The van der Waals surface area contributed by atoms with Crippen LogP contribution in [0.4, 0.5) is 11.5 Å². The van der Waals surface area contributed by atoms with Crippen molar-refractivity contribution in [1.82, 2.24) is 4.98 Å². The van der Waals surface area contributed by atoms with Crippen molar-refractivity contribution in [2.75, 3.05) is 10.6 Å². The number of hydrogen-bond donors (Lipinski definition) is 2. The maximum atomic E-state index is 13.6. The Morgan fingerprint density at radius 1 is 0.688 bits per heavy atom. The molecule has 8 saturated carbocycles. The van der Waals surface area contributed by atoms with E-state index in [0.717, 1.165) is 74.0 Å². The average molecular weight is 434 g/mol. The second-order valence-electron chi connectivity index (χ2n) is 12.7. The fourth-order valence-corrected chi connectivity index (χ4v) is 9.88. The molecule has 0 spiro atoms. The summed E-state index contributed by atoms with van der Waals surface area (Å²) in [6.45, 7) is 0. The predicted octanol–water partition coefficient (Wildman–Crippen LogP) is 5.39. The minimum Gasteiger partial charge on any atom is -0.322 e. The number of aromatic nitrogens is 1. The Morgan fingerprint density at radius 2 is 1.09 bits per heavy atom. The highest BCUT2D eigenvalue weighted by Crippen LogP contribution is 2.61. The van der Waals surface area contributed by atoms with Gasteiger partial charge in [-0.15, -0.1) is 0 Å². The van der Waals surface area contributed by atoms with Gasteiger partial charge in [0.15, 0.2) is 5.82 Å². The van der Waals surface area contributed by atoms with Gasteiger partial charge in [-0.1, -0.05) is 0 Å². The quantitative estimate of drug-likeness (QED) is 0.669. The molecule has 5 heteroatoms. The van der Waals surface area contributed by atoms with Gasteiger partial charge in [0.1, 0.15) is 0 Å². The van der Waals surface area contributed by atoms with Crippen LogP contribution in [-0.4, -0.2) is 16.8 Å². The summed E-state index contributed by atoms with van der Waals surface area (Å²) in [6.07, 6.45) is 15.9. The van der Waals surface area contributed by atoms with Gasteiger partial charge >= 0.3 is 0 Å². The van der Waals surface area contributed by atoms with E-state index in [2.05, 4.69) is 15.6 Å². The van der Waals surface area contributed by atoms with Gasteiger partial charge in [-0.25, -0.2) is 4.98 Å². The third-order valence-electron chi connectivity index (χ3n) is 10.3. The highest BCUT2D eigenvalue weighted by atomic mass is 16.2. The van der Waals surface area contributed by atoms with Crippen LogP contribution < -0.4 is 10.6 Å². The summed E-state index contributed by atoms with van der Waals surface area (Å²) >= 11 is 0. The van der Waals surface area contributed by atoms with Crippen molar-refractivity contribution in [3.63, 3.8) is 0 Å². The molecule has 1 heterocycles. The van der Waals surface area contributed by atoms with E-state index in [1.165, 1.54) is 38.5 Å². The van der Waals surface area contributed by atoms with Gasteiger partial charge in [0.2, 0.25) is 11.8 Å². The monoisotopic (exact) mass is 433 g/mol. The molecule has 2 N–H and O–H groups in total. The molecule has 0 aliphatic heterocycles. The number of hydrogen-bond acceptors (Lipinski definition) is 3. The Labute approximate surface area is 190 Å². The van der Waals surface area contributed by atoms with Gasteiger partial charge in [0.25, 0.3) is 0 Å². The van der Waals surface area contributed by atoms with Crippen LogP contribution in [-0.2, 0) is 9.59 Å². The zero-order valence-electron chi connectivity index (χ0n) is 18.9. The van der Waals surface area contributed by atoms with Gasteiger partial charge in [-0.2, -0.15) is 0 Å². The van der Waals surface area contributed by atoms with E-state index in [1.54, 1.807) is 6.20 Å². The molecule has 8 aliphatic carbocycles. The Kier molecular flexibility index (Phi) is 4.16. The molecule has 8 bridgehead atoms. The zero-order valence-corrected chi connectivity index (χ0v) is 18.9. The highest BCUT2D eigenvalue weighted by molar-refractivity contribution is 6.02. The summed E-state index contributed by atoms with van der Waals surface area (Å²) in [5.41, 5.74) is 0.255. The molecule has 2 amide bonds. The number of anilines is 2. The van der Waals surface area contributed by atoms with Crippen molar-refractivity contribution in [1.29, 1.82) is 0 Å². The van der Waals surface area contributed by atoms with Crippen LogP contribution in [0.15, 0.2) is 18.3 Å². The Balaban J connectivity index is 1.11. The van der Waals surface area contributed by atoms with E-state index < -0.39 is 0 Å². The summed E-state index contributed by atoms with van der Waals surface area (Å²) in [6, 6.07) is 3.76. The molecule has 0 aromatic carbocycles. The summed E-state index contributed by atoms with van der Waals surface area (Å²) in [4.78, 5) is 31.6. The molecular weight excluding hydrogens is 398 g/mol. The van der Waals surface area contributed by atoms with Crippen LogP contribution in [0.25, 0.3) is 0 Å². The van der Waals surface area contributed by atoms with Crippen LogP contribution in [0.5, 0.6) is 0 Å². The number of rotatable bonds is 4. The lowest BCUT2D eigenvalue weighted by Crippen LogP contribution is -2.52. The molecule has 1 aromatic heterocycles. The average Bonchev–Trinajstić information content (AvgIpc) is 2.73. The summed E-state index contributed by atoms with van der Waals surface area (Å²) < 4.78 is 0. The van der Waals surface area contributed by atoms with E-state index in [1.807, 2.05) is 12.1 Å². The first-order chi connectivity index (χ1) is 15.5. The number of nitrogens with zero attached hydrogens (tertiary/aromatic N) is 1. The van der Waals surface area contributed by atoms with E-state index in [4.69, 9.17) is 0 Å². The van der Waals surface area contributed by atoms with Crippen molar-refractivity contribution in [2.24, 2.45) is 46.3 Å². The second kappa shape index (κ2) is 6.80. The minimum absolute atomic E-state index is 0.139. The lowest BCUT2D eigenvalue weighted by Gasteiger charge is -2.55. The fourth-order valence-electron chi connectivity index (χ4n) is 9.88. The van der Waals surface area contributed by atoms with Gasteiger partial charge in [-0.3, -0.25) is 9.59 Å². The van der Waals surface area contributed by atoms with Gasteiger partial charge in [0, 0.05) is 6.20 Å². The highest BCUT2D eigenvalue weighted by Gasteiger charge is 2.56. The normalized spacial score (nSPS) is 45.1. The van der Waals surface area contributed by atoms with Crippen LogP contribution in [0.1, 0.15) is 77.0 Å². The molecule has 9 rings (SSSR count). The van der Waals surface area contributed by atoms with Crippen LogP contribution in [0.3, 0.4) is 0 Å². The van der Waals surface area contributed by atoms with Crippen molar-refractivity contribution < 1.29 is 9.59 Å². The van der Waals surface area contributed by atoms with Crippen LogP contribution in [0, 0.1) is 46.3 Å². The molecule has 8 fully saturated rings. The summed E-state index contributed by atoms with van der Waals surface area (Å²) in [7, 11) is 0. The minimum atomic E-state index is -0.215. The Bertz CT molecular complexity index is 822. The first-order valence-electron chi connectivity index (χ1n) is 13.1.